The Morgan fingerprint density at radius 1 is 1.26 bits per heavy atom. The molecule has 0 saturated carbocycles. The van der Waals surface area contributed by atoms with Gasteiger partial charge in [-0.05, 0) is 29.7 Å². The molecule has 96 valence electrons. The highest BCUT2D eigenvalue weighted by Gasteiger charge is 2.04. The minimum Gasteiger partial charge on any atom is -0.323 e. The first-order valence-electron chi connectivity index (χ1n) is 5.42. The second-order valence-corrected chi connectivity index (χ2v) is 4.62. The fraction of sp³-hybridized carbons (Fsp3) is 0. The highest BCUT2D eigenvalue weighted by molar-refractivity contribution is 7.10. The lowest BCUT2D eigenvalue weighted by Crippen LogP contribution is -2.07. The van der Waals surface area contributed by atoms with E-state index >= 15 is 0 Å². The Morgan fingerprint density at radius 2 is 2.00 bits per heavy atom. The summed E-state index contributed by atoms with van der Waals surface area (Å²) < 4.78 is 0. The molecule has 1 aromatic carbocycles. The van der Waals surface area contributed by atoms with Gasteiger partial charge in [-0.3, -0.25) is 14.9 Å². The van der Waals surface area contributed by atoms with Crippen molar-refractivity contribution in [1.82, 2.24) is 0 Å². The van der Waals surface area contributed by atoms with Gasteiger partial charge in [0, 0.05) is 28.8 Å². The van der Waals surface area contributed by atoms with Gasteiger partial charge in [-0.15, -0.1) is 11.3 Å². The number of nitro groups is 1. The monoisotopic (exact) mass is 274 g/mol. The van der Waals surface area contributed by atoms with Crippen molar-refractivity contribution >= 4 is 34.7 Å². The highest BCUT2D eigenvalue weighted by atomic mass is 32.1. The van der Waals surface area contributed by atoms with Crippen molar-refractivity contribution in [2.45, 2.75) is 0 Å². The smallest absolute Gasteiger partial charge is 0.269 e. The van der Waals surface area contributed by atoms with Crippen molar-refractivity contribution in [2.24, 2.45) is 0 Å². The molecule has 0 saturated heterocycles. The van der Waals surface area contributed by atoms with E-state index in [4.69, 9.17) is 0 Å². The van der Waals surface area contributed by atoms with Crippen molar-refractivity contribution in [1.29, 1.82) is 0 Å². The average Bonchev–Trinajstić information content (AvgIpc) is 2.90. The number of nitrogens with zero attached hydrogens (tertiary/aromatic N) is 1. The van der Waals surface area contributed by atoms with Crippen molar-refractivity contribution < 1.29 is 9.72 Å². The van der Waals surface area contributed by atoms with Gasteiger partial charge in [0.15, 0.2) is 0 Å². The number of thiophene rings is 1. The SMILES string of the molecule is O=C(/C=C/c1cccs1)Nc1ccc([N+](=O)[O-])cc1. The van der Waals surface area contributed by atoms with Crippen molar-refractivity contribution in [3.8, 4) is 0 Å². The molecule has 0 spiro atoms. The number of carbonyl (C=O) groups excluding carboxylic acids is 1. The summed E-state index contributed by atoms with van der Waals surface area (Å²) in [4.78, 5) is 22.6. The predicted octanol–water partition coefficient (Wildman–Crippen LogP) is 3.31. The van der Waals surface area contributed by atoms with Gasteiger partial charge in [-0.25, -0.2) is 0 Å². The predicted molar refractivity (Wildman–Crippen MR) is 75.1 cm³/mol. The molecule has 1 aromatic heterocycles. The van der Waals surface area contributed by atoms with Crippen LogP contribution in [0.2, 0.25) is 0 Å². The van der Waals surface area contributed by atoms with E-state index in [1.807, 2.05) is 17.5 Å². The Morgan fingerprint density at radius 3 is 2.58 bits per heavy atom. The van der Waals surface area contributed by atoms with E-state index < -0.39 is 4.92 Å². The molecule has 0 aliphatic rings. The van der Waals surface area contributed by atoms with E-state index in [1.54, 1.807) is 6.08 Å². The number of benzene rings is 1. The summed E-state index contributed by atoms with van der Waals surface area (Å²) in [5, 5.41) is 15.0. The summed E-state index contributed by atoms with van der Waals surface area (Å²) in [7, 11) is 0. The Kier molecular flexibility index (Phi) is 4.04. The molecule has 0 unspecified atom stereocenters. The Bertz CT molecular complexity index is 603. The van der Waals surface area contributed by atoms with Gasteiger partial charge in [-0.1, -0.05) is 6.07 Å². The zero-order valence-electron chi connectivity index (χ0n) is 9.78. The molecule has 1 N–H and O–H groups in total. The maximum absolute atomic E-state index is 11.6. The van der Waals surface area contributed by atoms with E-state index in [-0.39, 0.29) is 11.6 Å². The molecular weight excluding hydrogens is 264 g/mol. The second kappa shape index (κ2) is 5.92. The number of rotatable bonds is 4. The van der Waals surface area contributed by atoms with Crippen LogP contribution in [0.4, 0.5) is 11.4 Å². The number of hydrogen-bond donors (Lipinski definition) is 1. The fourth-order valence-corrected chi connectivity index (χ4v) is 2.01. The zero-order valence-corrected chi connectivity index (χ0v) is 10.6. The lowest BCUT2D eigenvalue weighted by atomic mass is 10.3. The Hall–Kier alpha value is -2.47. The zero-order chi connectivity index (χ0) is 13.7. The molecule has 1 amide bonds. The Balaban J connectivity index is 1.97. The van der Waals surface area contributed by atoms with Crippen molar-refractivity contribution in [3.63, 3.8) is 0 Å². The molecule has 0 fully saturated rings. The number of carbonyl (C=O) groups is 1. The second-order valence-electron chi connectivity index (χ2n) is 3.64. The quantitative estimate of drug-likeness (QED) is 0.528. The largest absolute Gasteiger partial charge is 0.323 e. The maximum Gasteiger partial charge on any atom is 0.269 e. The summed E-state index contributed by atoms with van der Waals surface area (Å²) in [5.74, 6) is -0.276. The molecule has 0 aliphatic heterocycles. The van der Waals surface area contributed by atoms with Gasteiger partial charge in [0.25, 0.3) is 5.69 Å². The molecule has 6 heteroatoms. The number of amides is 1. The first-order chi connectivity index (χ1) is 9.15. The van der Waals surface area contributed by atoms with Crippen LogP contribution in [0.25, 0.3) is 6.08 Å². The third-order valence-corrected chi connectivity index (χ3v) is 3.13. The fourth-order valence-electron chi connectivity index (χ4n) is 1.39. The lowest BCUT2D eigenvalue weighted by molar-refractivity contribution is -0.384. The highest BCUT2D eigenvalue weighted by Crippen LogP contribution is 2.15. The maximum atomic E-state index is 11.6. The molecule has 0 radical (unpaired) electrons. The van der Waals surface area contributed by atoms with Gasteiger partial charge >= 0.3 is 0 Å². The molecule has 5 nitrogen and oxygen atoms in total. The van der Waals surface area contributed by atoms with Gasteiger partial charge in [-0.2, -0.15) is 0 Å². The van der Waals surface area contributed by atoms with Gasteiger partial charge in [0.1, 0.15) is 0 Å². The van der Waals surface area contributed by atoms with E-state index in [0.29, 0.717) is 5.69 Å². The molecule has 2 rings (SSSR count). The molecule has 0 aliphatic carbocycles. The third-order valence-electron chi connectivity index (χ3n) is 2.29. The number of anilines is 1. The van der Waals surface area contributed by atoms with Crippen LogP contribution in [0.15, 0.2) is 47.9 Å². The van der Waals surface area contributed by atoms with Crippen LogP contribution in [0.3, 0.4) is 0 Å². The molecule has 2 aromatic rings. The number of hydrogen-bond acceptors (Lipinski definition) is 4. The van der Waals surface area contributed by atoms with Crippen LogP contribution in [-0.4, -0.2) is 10.8 Å². The first-order valence-corrected chi connectivity index (χ1v) is 6.30. The topological polar surface area (TPSA) is 72.2 Å². The van der Waals surface area contributed by atoms with E-state index in [0.717, 1.165) is 4.88 Å². The number of nitrogens with one attached hydrogen (secondary N) is 1. The van der Waals surface area contributed by atoms with Gasteiger partial charge in [0.2, 0.25) is 5.91 Å². The molecule has 0 atom stereocenters. The van der Waals surface area contributed by atoms with Crippen molar-refractivity contribution in [2.75, 3.05) is 5.32 Å². The van der Waals surface area contributed by atoms with Gasteiger partial charge < -0.3 is 5.32 Å². The van der Waals surface area contributed by atoms with E-state index in [9.17, 15) is 14.9 Å². The van der Waals surface area contributed by atoms with E-state index in [2.05, 4.69) is 5.32 Å². The van der Waals surface area contributed by atoms with Crippen LogP contribution in [-0.2, 0) is 4.79 Å². The van der Waals surface area contributed by atoms with Crippen LogP contribution in [0.5, 0.6) is 0 Å². The van der Waals surface area contributed by atoms with E-state index in [1.165, 1.54) is 41.7 Å². The standard InChI is InChI=1S/C13H10N2O3S/c16-13(8-7-12-2-1-9-19-12)14-10-3-5-11(6-4-10)15(17)18/h1-9H,(H,14,16)/b8-7+. The molecule has 19 heavy (non-hydrogen) atoms. The van der Waals surface area contributed by atoms with Crippen LogP contribution >= 0.6 is 11.3 Å². The van der Waals surface area contributed by atoms with Crippen LogP contribution < -0.4 is 5.32 Å². The summed E-state index contributed by atoms with van der Waals surface area (Å²) in [5.41, 5.74) is 0.513. The molecular formula is C13H10N2O3S. The lowest BCUT2D eigenvalue weighted by Gasteiger charge is -2.00. The van der Waals surface area contributed by atoms with Crippen molar-refractivity contribution in [3.05, 3.63) is 62.8 Å². The third kappa shape index (κ3) is 3.75. The summed E-state index contributed by atoms with van der Waals surface area (Å²) in [6, 6.07) is 9.49. The minimum absolute atomic E-state index is 0.00729. The minimum atomic E-state index is -0.484. The average molecular weight is 274 g/mol. The summed E-state index contributed by atoms with van der Waals surface area (Å²) >= 11 is 1.53. The number of nitro benzene ring substituents is 1. The summed E-state index contributed by atoms with van der Waals surface area (Å²) in [6.45, 7) is 0. The molecule has 0 bridgehead atoms. The number of non-ortho nitro benzene ring substituents is 1. The normalized spacial score (nSPS) is 10.5. The molecule has 1 heterocycles. The summed E-state index contributed by atoms with van der Waals surface area (Å²) in [6.07, 6.45) is 3.14. The van der Waals surface area contributed by atoms with Gasteiger partial charge in [0.05, 0.1) is 4.92 Å². The van der Waals surface area contributed by atoms with Crippen LogP contribution in [0.1, 0.15) is 4.88 Å². The first kappa shape index (κ1) is 13.0. The Labute approximate surface area is 113 Å². The van der Waals surface area contributed by atoms with Crippen LogP contribution in [0, 0.1) is 10.1 Å².